The molecule has 0 atom stereocenters. The Morgan fingerprint density at radius 2 is 0.922 bits per heavy atom. The lowest BCUT2D eigenvalue weighted by atomic mass is 9.99. The van der Waals surface area contributed by atoms with Crippen LogP contribution in [-0.4, -0.2) is 24.1 Å². The van der Waals surface area contributed by atoms with Gasteiger partial charge in [-0.2, -0.15) is 9.97 Å². The quantitative estimate of drug-likeness (QED) is 0.173. The first kappa shape index (κ1) is 35.2. The van der Waals surface area contributed by atoms with Crippen LogP contribution in [0.2, 0.25) is 0 Å². The van der Waals surface area contributed by atoms with Crippen molar-refractivity contribution >= 4 is 97.1 Å². The normalized spacial score (nSPS) is 12.1. The van der Waals surface area contributed by atoms with Gasteiger partial charge in [0.1, 0.15) is 11.2 Å². The molecule has 0 radical (unpaired) electrons. The Balaban J connectivity index is 0.924. The van der Waals surface area contributed by atoms with Crippen LogP contribution in [0.15, 0.2) is 205 Å². The van der Waals surface area contributed by atoms with Gasteiger partial charge in [-0.3, -0.25) is 4.57 Å². The van der Waals surface area contributed by atoms with Crippen molar-refractivity contribution in [2.75, 3.05) is 0 Å². The average Bonchev–Trinajstić information content (AvgIpc) is 4.11. The van der Waals surface area contributed by atoms with Gasteiger partial charge in [0.25, 0.3) is 0 Å². The van der Waals surface area contributed by atoms with Crippen molar-refractivity contribution in [2.24, 2.45) is 0 Å². The molecule has 0 aliphatic rings. The Hall–Kier alpha value is -8.39. The second-order valence-corrected chi connectivity index (χ2v) is 17.4. The third-order valence-corrected chi connectivity index (χ3v) is 14.0. The molecule has 0 saturated heterocycles. The van der Waals surface area contributed by atoms with Crippen molar-refractivity contribution in [3.8, 4) is 45.5 Å². The fourth-order valence-electron chi connectivity index (χ4n) is 9.97. The zero-order valence-corrected chi connectivity index (χ0v) is 34.9. The van der Waals surface area contributed by atoms with E-state index >= 15 is 0 Å². The molecule has 0 saturated carbocycles. The predicted molar refractivity (Wildman–Crippen MR) is 265 cm³/mol. The van der Waals surface area contributed by atoms with Crippen molar-refractivity contribution in [1.82, 2.24) is 24.1 Å². The van der Waals surface area contributed by atoms with Crippen LogP contribution < -0.4 is 0 Å². The molecular weight excluding hydrogens is 803 g/mol. The highest BCUT2D eigenvalue weighted by molar-refractivity contribution is 7.26. The van der Waals surface area contributed by atoms with E-state index in [0.717, 1.165) is 82.5 Å². The van der Waals surface area contributed by atoms with E-state index in [9.17, 15) is 0 Å². The number of furan rings is 1. The van der Waals surface area contributed by atoms with Gasteiger partial charge in [0, 0.05) is 75.4 Å². The Morgan fingerprint density at radius 3 is 1.61 bits per heavy atom. The van der Waals surface area contributed by atoms with Gasteiger partial charge in [-0.1, -0.05) is 140 Å². The molecule has 0 N–H and O–H groups in total. The SMILES string of the molecule is c1ccc(-c2nc(-c3cccc4sc5c(-c6ccc7c(c6)oc6cc(-n8c9ccccc9c9ccccc98)ccc67)cccc5c34)nc(-n3c4ccccc4c4ccccc43)n2)cc1. The third-order valence-electron chi connectivity index (χ3n) is 12.8. The van der Waals surface area contributed by atoms with Crippen LogP contribution in [0.4, 0.5) is 0 Å². The Bertz CT molecular complexity index is 4110. The number of rotatable bonds is 5. The van der Waals surface area contributed by atoms with Crippen LogP contribution in [-0.2, 0) is 0 Å². The maximum atomic E-state index is 6.73. The number of para-hydroxylation sites is 4. The summed E-state index contributed by atoms with van der Waals surface area (Å²) >= 11 is 1.80. The molecule has 5 aromatic heterocycles. The van der Waals surface area contributed by atoms with Gasteiger partial charge in [0.15, 0.2) is 11.6 Å². The molecule has 64 heavy (non-hydrogen) atoms. The second kappa shape index (κ2) is 13.6. The number of nitrogens with zero attached hydrogens (tertiary/aromatic N) is 5. The predicted octanol–water partition coefficient (Wildman–Crippen LogP) is 15.3. The minimum absolute atomic E-state index is 0.583. The molecule has 298 valence electrons. The lowest BCUT2D eigenvalue weighted by molar-refractivity contribution is 0.669. The molecule has 0 amide bonds. The van der Waals surface area contributed by atoms with E-state index in [1.807, 2.05) is 18.2 Å². The summed E-state index contributed by atoms with van der Waals surface area (Å²) in [5, 5.41) is 9.28. The van der Waals surface area contributed by atoms with Gasteiger partial charge in [-0.05, 0) is 65.7 Å². The first-order valence-corrected chi connectivity index (χ1v) is 22.3. The van der Waals surface area contributed by atoms with Crippen molar-refractivity contribution in [3.63, 3.8) is 0 Å². The number of thiophene rings is 1. The monoisotopic (exact) mass is 835 g/mol. The lowest BCUT2D eigenvalue weighted by Gasteiger charge is -2.11. The molecule has 6 nitrogen and oxygen atoms in total. The Morgan fingerprint density at radius 1 is 0.375 bits per heavy atom. The van der Waals surface area contributed by atoms with Gasteiger partial charge in [-0.15, -0.1) is 11.3 Å². The van der Waals surface area contributed by atoms with E-state index in [4.69, 9.17) is 19.4 Å². The van der Waals surface area contributed by atoms with Crippen LogP contribution in [0.3, 0.4) is 0 Å². The molecule has 0 aliphatic carbocycles. The third kappa shape index (κ3) is 5.16. The number of hydrogen-bond donors (Lipinski definition) is 0. The van der Waals surface area contributed by atoms with E-state index in [-0.39, 0.29) is 0 Å². The summed E-state index contributed by atoms with van der Waals surface area (Å²) in [7, 11) is 0. The number of hydrogen-bond acceptors (Lipinski definition) is 5. The van der Waals surface area contributed by atoms with Crippen LogP contribution in [0.25, 0.3) is 131 Å². The summed E-state index contributed by atoms with van der Waals surface area (Å²) in [5.41, 5.74) is 11.4. The number of benzene rings is 9. The molecule has 5 heterocycles. The molecule has 0 bridgehead atoms. The van der Waals surface area contributed by atoms with Crippen molar-refractivity contribution < 1.29 is 4.42 Å². The Labute approximate surface area is 369 Å². The lowest BCUT2D eigenvalue weighted by Crippen LogP contribution is -2.06. The summed E-state index contributed by atoms with van der Waals surface area (Å²) in [6.45, 7) is 0. The van der Waals surface area contributed by atoms with Crippen LogP contribution in [0.1, 0.15) is 0 Å². The van der Waals surface area contributed by atoms with Crippen LogP contribution >= 0.6 is 11.3 Å². The largest absolute Gasteiger partial charge is 0.456 e. The van der Waals surface area contributed by atoms with Gasteiger partial charge in [0.2, 0.25) is 5.95 Å². The van der Waals surface area contributed by atoms with Crippen LogP contribution in [0, 0.1) is 0 Å². The first-order valence-electron chi connectivity index (χ1n) is 21.4. The van der Waals surface area contributed by atoms with E-state index in [2.05, 4.69) is 191 Å². The van der Waals surface area contributed by atoms with Gasteiger partial charge < -0.3 is 8.98 Å². The smallest absolute Gasteiger partial charge is 0.238 e. The molecule has 9 aromatic carbocycles. The average molecular weight is 836 g/mol. The molecule has 0 spiro atoms. The van der Waals surface area contributed by atoms with Gasteiger partial charge in [0.05, 0.1) is 22.1 Å². The number of aromatic nitrogens is 5. The minimum atomic E-state index is 0.583. The van der Waals surface area contributed by atoms with E-state index in [1.165, 1.54) is 31.2 Å². The molecule has 14 aromatic rings. The summed E-state index contributed by atoms with van der Waals surface area (Å²) in [5.74, 6) is 1.84. The molecule has 7 heteroatoms. The van der Waals surface area contributed by atoms with E-state index < -0.39 is 0 Å². The Kier molecular flexibility index (Phi) is 7.46. The molecule has 14 rings (SSSR count). The topological polar surface area (TPSA) is 61.7 Å². The molecule has 0 unspecified atom stereocenters. The van der Waals surface area contributed by atoms with Crippen molar-refractivity contribution in [2.45, 2.75) is 0 Å². The highest BCUT2D eigenvalue weighted by Gasteiger charge is 2.21. The summed E-state index contributed by atoms with van der Waals surface area (Å²) in [6.07, 6.45) is 0. The highest BCUT2D eigenvalue weighted by Crippen LogP contribution is 2.45. The number of fused-ring (bicyclic) bond motifs is 12. The summed E-state index contributed by atoms with van der Waals surface area (Å²) < 4.78 is 13.6. The minimum Gasteiger partial charge on any atom is -0.456 e. The molecule has 0 fully saturated rings. The van der Waals surface area contributed by atoms with Crippen LogP contribution in [0.5, 0.6) is 0 Å². The first-order chi connectivity index (χ1) is 31.7. The zero-order valence-electron chi connectivity index (χ0n) is 34.1. The van der Waals surface area contributed by atoms with E-state index in [0.29, 0.717) is 17.6 Å². The molecule has 0 aliphatic heterocycles. The van der Waals surface area contributed by atoms with Gasteiger partial charge >= 0.3 is 0 Å². The summed E-state index contributed by atoms with van der Waals surface area (Å²) in [4.78, 5) is 15.7. The second-order valence-electron chi connectivity index (χ2n) is 16.3. The van der Waals surface area contributed by atoms with E-state index in [1.54, 1.807) is 11.3 Å². The van der Waals surface area contributed by atoms with Gasteiger partial charge in [-0.25, -0.2) is 4.98 Å². The van der Waals surface area contributed by atoms with Crippen molar-refractivity contribution in [1.29, 1.82) is 0 Å². The fourth-order valence-corrected chi connectivity index (χ4v) is 11.2. The highest BCUT2D eigenvalue weighted by atomic mass is 32.1. The maximum Gasteiger partial charge on any atom is 0.238 e. The molecular formula is C57H33N5OS. The van der Waals surface area contributed by atoms with Crippen molar-refractivity contribution in [3.05, 3.63) is 200 Å². The maximum absolute atomic E-state index is 6.73. The zero-order chi connectivity index (χ0) is 41.9. The standard InChI is InChI=1S/C57H33N5OS/c1-2-14-34(15-3-1)55-58-56(60-57(59-55)62-48-25-10-6-18-40(48)41-19-7-11-26-49(41)62)45-22-13-27-52-53(45)44-21-12-20-37(54(44)64-52)35-28-30-42-43-31-29-36(33-51(43)63-50(42)32-35)61-46-23-8-4-16-38(46)39-17-5-9-24-47(39)61/h1-33H. The fraction of sp³-hybridized carbons (Fsp3) is 0. The summed E-state index contributed by atoms with van der Waals surface area (Å²) in [6, 6.07) is 70.7.